The number of carbonyl (C=O) groups excluding carboxylic acids is 1. The van der Waals surface area contributed by atoms with Crippen molar-refractivity contribution < 1.29 is 9.21 Å². The molecule has 0 spiro atoms. The summed E-state index contributed by atoms with van der Waals surface area (Å²) in [4.78, 5) is 13.2. The Morgan fingerprint density at radius 3 is 2.14 bits per heavy atom. The van der Waals surface area contributed by atoms with E-state index < -0.39 is 0 Å². The molecule has 1 N–H and O–H groups in total. The summed E-state index contributed by atoms with van der Waals surface area (Å²) in [6, 6.07) is 31.0. The summed E-state index contributed by atoms with van der Waals surface area (Å²) in [5.74, 6) is 0.441. The van der Waals surface area contributed by atoms with Gasteiger partial charge in [-0.25, -0.2) is 0 Å². The number of hydrogen-bond acceptors (Lipinski definition) is 2. The zero-order chi connectivity index (χ0) is 19.2. The Labute approximate surface area is 164 Å². The van der Waals surface area contributed by atoms with Crippen molar-refractivity contribution in [2.75, 3.05) is 5.32 Å². The maximum atomic E-state index is 13.2. The zero-order valence-electron chi connectivity index (χ0n) is 15.2. The van der Waals surface area contributed by atoms with Gasteiger partial charge in [0.05, 0.1) is 11.8 Å². The molecule has 0 unspecified atom stereocenters. The predicted octanol–water partition coefficient (Wildman–Crippen LogP) is 6.13. The monoisotopic (exact) mass is 365 g/mol. The predicted molar refractivity (Wildman–Crippen MR) is 114 cm³/mol. The third-order valence-corrected chi connectivity index (χ3v) is 4.42. The van der Waals surface area contributed by atoms with E-state index in [0.717, 1.165) is 22.4 Å². The van der Waals surface area contributed by atoms with Crippen LogP contribution in [0.2, 0.25) is 0 Å². The molecule has 4 rings (SSSR count). The third-order valence-electron chi connectivity index (χ3n) is 4.42. The van der Waals surface area contributed by atoms with Crippen LogP contribution in [0.15, 0.2) is 108 Å². The lowest BCUT2D eigenvalue weighted by atomic mass is 10.0. The average Bonchev–Trinajstić information content (AvgIpc) is 3.27. The number of anilines is 1. The van der Waals surface area contributed by atoms with Crippen LogP contribution in [0, 0.1) is 0 Å². The minimum atomic E-state index is -0.189. The van der Waals surface area contributed by atoms with E-state index in [9.17, 15) is 4.79 Å². The van der Waals surface area contributed by atoms with Crippen LogP contribution in [-0.4, -0.2) is 5.91 Å². The van der Waals surface area contributed by atoms with Crippen LogP contribution in [0.5, 0.6) is 0 Å². The van der Waals surface area contributed by atoms with Crippen LogP contribution in [0.3, 0.4) is 0 Å². The van der Waals surface area contributed by atoms with Crippen LogP contribution < -0.4 is 5.32 Å². The quantitative estimate of drug-likeness (QED) is 0.433. The molecule has 0 bridgehead atoms. The summed E-state index contributed by atoms with van der Waals surface area (Å²) < 4.78 is 5.42. The maximum Gasteiger partial charge on any atom is 0.256 e. The van der Waals surface area contributed by atoms with Crippen molar-refractivity contribution in [1.29, 1.82) is 0 Å². The largest absolute Gasteiger partial charge is 0.465 e. The van der Waals surface area contributed by atoms with E-state index >= 15 is 0 Å². The Kier molecular flexibility index (Phi) is 5.16. The summed E-state index contributed by atoms with van der Waals surface area (Å²) >= 11 is 0. The van der Waals surface area contributed by atoms with Gasteiger partial charge in [0, 0.05) is 11.3 Å². The lowest BCUT2D eigenvalue weighted by molar-refractivity contribution is -0.111. The fourth-order valence-corrected chi connectivity index (χ4v) is 3.06. The molecule has 3 aromatic carbocycles. The summed E-state index contributed by atoms with van der Waals surface area (Å²) in [7, 11) is 0. The van der Waals surface area contributed by atoms with Crippen molar-refractivity contribution in [2.45, 2.75) is 0 Å². The molecule has 0 radical (unpaired) electrons. The average molecular weight is 365 g/mol. The van der Waals surface area contributed by atoms with Crippen molar-refractivity contribution in [3.8, 4) is 11.1 Å². The maximum absolute atomic E-state index is 13.2. The number of rotatable bonds is 5. The second kappa shape index (κ2) is 8.23. The van der Waals surface area contributed by atoms with E-state index in [1.54, 1.807) is 18.4 Å². The van der Waals surface area contributed by atoms with E-state index in [2.05, 4.69) is 5.32 Å². The first-order valence-corrected chi connectivity index (χ1v) is 9.08. The molecule has 3 heteroatoms. The van der Waals surface area contributed by atoms with Gasteiger partial charge in [0.15, 0.2) is 0 Å². The molecule has 3 nitrogen and oxygen atoms in total. The number of amides is 1. The Morgan fingerprint density at radius 1 is 0.750 bits per heavy atom. The Morgan fingerprint density at radius 2 is 1.43 bits per heavy atom. The smallest absolute Gasteiger partial charge is 0.256 e. The summed E-state index contributed by atoms with van der Waals surface area (Å²) in [6.07, 6.45) is 3.35. The van der Waals surface area contributed by atoms with Gasteiger partial charge in [-0.15, -0.1) is 0 Å². The van der Waals surface area contributed by atoms with Crippen LogP contribution in [0.4, 0.5) is 5.69 Å². The fourth-order valence-electron chi connectivity index (χ4n) is 3.06. The molecule has 0 saturated carbocycles. The van der Waals surface area contributed by atoms with Crippen molar-refractivity contribution in [2.24, 2.45) is 0 Å². The number of para-hydroxylation sites is 1. The first-order chi connectivity index (χ1) is 13.8. The van der Waals surface area contributed by atoms with Crippen LogP contribution in [0.25, 0.3) is 22.8 Å². The summed E-state index contributed by atoms with van der Waals surface area (Å²) in [5.41, 5.74) is 4.16. The Bertz CT molecular complexity index is 1080. The van der Waals surface area contributed by atoms with Gasteiger partial charge >= 0.3 is 0 Å². The van der Waals surface area contributed by atoms with Gasteiger partial charge in [-0.05, 0) is 35.4 Å². The van der Waals surface area contributed by atoms with E-state index in [-0.39, 0.29) is 5.91 Å². The highest BCUT2D eigenvalue weighted by atomic mass is 16.3. The highest BCUT2D eigenvalue weighted by molar-refractivity contribution is 6.29. The molecule has 0 fully saturated rings. The Hall–Kier alpha value is -3.85. The fraction of sp³-hybridized carbons (Fsp3) is 0. The Balaban J connectivity index is 1.70. The number of hydrogen-bond donors (Lipinski definition) is 1. The second-order valence-electron chi connectivity index (χ2n) is 6.31. The number of nitrogens with one attached hydrogen (secondary N) is 1. The SMILES string of the molecule is O=C(Nc1ccccc1-c1ccccc1)C(=Cc1ccco1)c1ccccc1. The van der Waals surface area contributed by atoms with Crippen molar-refractivity contribution in [3.63, 3.8) is 0 Å². The van der Waals surface area contributed by atoms with Crippen LogP contribution in [0.1, 0.15) is 11.3 Å². The topological polar surface area (TPSA) is 42.2 Å². The molecular weight excluding hydrogens is 346 g/mol. The van der Waals surface area contributed by atoms with Crippen molar-refractivity contribution >= 4 is 23.2 Å². The number of furan rings is 1. The van der Waals surface area contributed by atoms with Crippen molar-refractivity contribution in [3.05, 3.63) is 115 Å². The normalized spacial score (nSPS) is 11.2. The van der Waals surface area contributed by atoms with Gasteiger partial charge in [-0.1, -0.05) is 78.9 Å². The van der Waals surface area contributed by atoms with Gasteiger partial charge in [0.1, 0.15) is 5.76 Å². The zero-order valence-corrected chi connectivity index (χ0v) is 15.2. The van der Waals surface area contributed by atoms with Gasteiger partial charge in [-0.2, -0.15) is 0 Å². The molecule has 28 heavy (non-hydrogen) atoms. The van der Waals surface area contributed by atoms with E-state index in [4.69, 9.17) is 4.42 Å². The lowest BCUT2D eigenvalue weighted by Crippen LogP contribution is -2.14. The van der Waals surface area contributed by atoms with E-state index in [1.807, 2.05) is 91.0 Å². The first-order valence-electron chi connectivity index (χ1n) is 9.08. The highest BCUT2D eigenvalue weighted by Gasteiger charge is 2.15. The summed E-state index contributed by atoms with van der Waals surface area (Å²) in [5, 5.41) is 3.07. The second-order valence-corrected chi connectivity index (χ2v) is 6.31. The van der Waals surface area contributed by atoms with Crippen LogP contribution >= 0.6 is 0 Å². The molecular formula is C25H19NO2. The molecule has 0 aliphatic carbocycles. The van der Waals surface area contributed by atoms with Gasteiger partial charge < -0.3 is 9.73 Å². The molecule has 0 saturated heterocycles. The van der Waals surface area contributed by atoms with E-state index in [0.29, 0.717) is 11.3 Å². The first kappa shape index (κ1) is 17.6. The third kappa shape index (κ3) is 3.94. The number of benzene rings is 3. The van der Waals surface area contributed by atoms with Crippen LogP contribution in [-0.2, 0) is 4.79 Å². The molecule has 136 valence electrons. The molecule has 1 aromatic heterocycles. The molecule has 4 aromatic rings. The molecule has 1 heterocycles. The molecule has 1 amide bonds. The minimum absolute atomic E-state index is 0.189. The number of carbonyl (C=O) groups is 1. The van der Waals surface area contributed by atoms with Gasteiger partial charge in [0.2, 0.25) is 0 Å². The minimum Gasteiger partial charge on any atom is -0.465 e. The summed E-state index contributed by atoms with van der Waals surface area (Å²) in [6.45, 7) is 0. The van der Waals surface area contributed by atoms with Gasteiger partial charge in [0.25, 0.3) is 5.91 Å². The highest BCUT2D eigenvalue weighted by Crippen LogP contribution is 2.29. The standard InChI is InChI=1S/C25H19NO2/c27-25(23(18-21-14-9-17-28-21)20-12-5-2-6-13-20)26-24-16-8-7-15-22(24)19-10-3-1-4-11-19/h1-18H,(H,26,27). The van der Waals surface area contributed by atoms with Gasteiger partial charge in [-0.3, -0.25) is 4.79 Å². The molecule has 0 aliphatic heterocycles. The van der Waals surface area contributed by atoms with Crippen molar-refractivity contribution in [1.82, 2.24) is 0 Å². The molecule has 0 aliphatic rings. The molecule has 0 atom stereocenters. The lowest BCUT2D eigenvalue weighted by Gasteiger charge is -2.13. The van der Waals surface area contributed by atoms with E-state index in [1.165, 1.54) is 0 Å².